The van der Waals surface area contributed by atoms with E-state index in [1.165, 1.54) is 0 Å². The lowest BCUT2D eigenvalue weighted by molar-refractivity contribution is -0.118. The van der Waals surface area contributed by atoms with Gasteiger partial charge in [-0.2, -0.15) is 0 Å². The zero-order chi connectivity index (χ0) is 13.2. The number of hydrogen-bond acceptors (Lipinski definition) is 3. The Morgan fingerprint density at radius 1 is 0.737 bits per heavy atom. The minimum Gasteiger partial charge on any atom is -0.465 e. The van der Waals surface area contributed by atoms with Gasteiger partial charge in [0.15, 0.2) is 0 Å². The van der Waals surface area contributed by atoms with Crippen molar-refractivity contribution in [2.75, 3.05) is 0 Å². The van der Waals surface area contributed by atoms with Crippen LogP contribution < -0.4 is 0 Å². The summed E-state index contributed by atoms with van der Waals surface area (Å²) >= 11 is 0. The highest BCUT2D eigenvalue weighted by atomic mass is 16.3. The van der Waals surface area contributed by atoms with Crippen LogP contribution in [0.2, 0.25) is 0 Å². The molecule has 0 saturated heterocycles. The number of carbonyl (C=O) groups excluding carboxylic acids is 2. The fourth-order valence-electron chi connectivity index (χ4n) is 2.43. The zero-order valence-electron chi connectivity index (χ0n) is 10.5. The molecular formula is C16H14O3. The van der Waals surface area contributed by atoms with Gasteiger partial charge in [0.1, 0.15) is 23.1 Å². The Kier molecular flexibility index (Phi) is 3.03. The molecule has 0 radical (unpaired) electrons. The molecule has 0 saturated carbocycles. The summed E-state index contributed by atoms with van der Waals surface area (Å²) in [4.78, 5) is 23.9. The highest BCUT2D eigenvalue weighted by molar-refractivity contribution is 5.84. The van der Waals surface area contributed by atoms with E-state index in [0.29, 0.717) is 37.2 Å². The van der Waals surface area contributed by atoms with Crippen LogP contribution >= 0.6 is 0 Å². The monoisotopic (exact) mass is 254 g/mol. The summed E-state index contributed by atoms with van der Waals surface area (Å²) in [7, 11) is 0. The molecule has 0 aliphatic carbocycles. The van der Waals surface area contributed by atoms with Crippen molar-refractivity contribution >= 4 is 11.6 Å². The molecule has 0 spiro atoms. The number of hydrogen-bond donors (Lipinski definition) is 0. The van der Waals surface area contributed by atoms with E-state index >= 15 is 0 Å². The molecule has 1 aromatic heterocycles. The smallest absolute Gasteiger partial charge is 0.144 e. The van der Waals surface area contributed by atoms with Gasteiger partial charge in [-0.15, -0.1) is 0 Å². The average Bonchev–Trinajstić information content (AvgIpc) is 2.75. The molecule has 96 valence electrons. The van der Waals surface area contributed by atoms with Crippen molar-refractivity contribution < 1.29 is 14.0 Å². The predicted molar refractivity (Wildman–Crippen MR) is 70.0 cm³/mol. The van der Waals surface area contributed by atoms with Gasteiger partial charge >= 0.3 is 0 Å². The summed E-state index contributed by atoms with van der Waals surface area (Å²) in [5.74, 6) is 1.55. The Morgan fingerprint density at radius 3 is 1.79 bits per heavy atom. The first-order valence-corrected chi connectivity index (χ1v) is 6.38. The van der Waals surface area contributed by atoms with Crippen LogP contribution in [0.1, 0.15) is 22.6 Å². The van der Waals surface area contributed by atoms with Gasteiger partial charge in [0.05, 0.1) is 12.8 Å². The number of fused-ring (bicyclic) bond motifs is 4. The van der Waals surface area contributed by atoms with E-state index in [0.717, 1.165) is 11.1 Å². The number of rotatable bonds is 0. The number of Topliss-reactive ketones (excluding diaryl/α,β-unsaturated/α-hetero) is 2. The number of benzene rings is 1. The molecule has 3 heteroatoms. The van der Waals surface area contributed by atoms with Crippen molar-refractivity contribution in [1.29, 1.82) is 0 Å². The Hall–Kier alpha value is -2.16. The summed E-state index contributed by atoms with van der Waals surface area (Å²) in [5, 5.41) is 0. The summed E-state index contributed by atoms with van der Waals surface area (Å²) in [5.41, 5.74) is 1.92. The van der Waals surface area contributed by atoms with Crippen LogP contribution in [0, 0.1) is 0 Å². The van der Waals surface area contributed by atoms with Gasteiger partial charge in [0.2, 0.25) is 0 Å². The van der Waals surface area contributed by atoms with Crippen LogP contribution in [0.3, 0.4) is 0 Å². The molecule has 4 bridgehead atoms. The van der Waals surface area contributed by atoms with Gasteiger partial charge in [-0.25, -0.2) is 0 Å². The van der Waals surface area contributed by atoms with E-state index in [4.69, 9.17) is 4.42 Å². The largest absolute Gasteiger partial charge is 0.465 e. The lowest BCUT2D eigenvalue weighted by atomic mass is 10.0. The normalized spacial score (nSPS) is 15.8. The summed E-state index contributed by atoms with van der Waals surface area (Å²) in [6.07, 6.45) is 1.35. The van der Waals surface area contributed by atoms with Gasteiger partial charge in [-0.05, 0) is 23.3 Å². The third-order valence-electron chi connectivity index (χ3n) is 3.25. The van der Waals surface area contributed by atoms with Crippen molar-refractivity contribution in [2.45, 2.75) is 25.7 Å². The van der Waals surface area contributed by atoms with Crippen LogP contribution in [-0.4, -0.2) is 11.6 Å². The van der Waals surface area contributed by atoms with Crippen molar-refractivity contribution in [3.8, 4) is 0 Å². The third kappa shape index (κ3) is 2.81. The molecule has 0 atom stereocenters. The maximum atomic E-state index is 11.9. The topological polar surface area (TPSA) is 47.3 Å². The van der Waals surface area contributed by atoms with Crippen LogP contribution in [0.15, 0.2) is 40.8 Å². The minimum absolute atomic E-state index is 0.130. The molecule has 0 N–H and O–H groups in total. The molecule has 0 fully saturated rings. The first-order chi connectivity index (χ1) is 9.19. The van der Waals surface area contributed by atoms with Crippen LogP contribution in [0.4, 0.5) is 0 Å². The van der Waals surface area contributed by atoms with E-state index in [-0.39, 0.29) is 11.6 Å². The Balaban J connectivity index is 1.95. The van der Waals surface area contributed by atoms with E-state index in [9.17, 15) is 9.59 Å². The van der Waals surface area contributed by atoms with Crippen molar-refractivity contribution in [1.82, 2.24) is 0 Å². The zero-order valence-corrected chi connectivity index (χ0v) is 10.5. The second-order valence-electron chi connectivity index (χ2n) is 4.97. The first-order valence-electron chi connectivity index (χ1n) is 6.38. The number of carbonyl (C=O) groups is 2. The van der Waals surface area contributed by atoms with Crippen LogP contribution in [0.5, 0.6) is 0 Å². The van der Waals surface area contributed by atoms with Crippen LogP contribution in [0.25, 0.3) is 0 Å². The third-order valence-corrected chi connectivity index (χ3v) is 3.25. The lowest BCUT2D eigenvalue weighted by Gasteiger charge is -2.06. The minimum atomic E-state index is 0.130. The highest BCUT2D eigenvalue weighted by Crippen LogP contribution is 2.15. The molecule has 0 unspecified atom stereocenters. The predicted octanol–water partition coefficient (Wildman–Crippen LogP) is 2.30. The average molecular weight is 254 g/mol. The van der Waals surface area contributed by atoms with E-state index < -0.39 is 0 Å². The van der Waals surface area contributed by atoms with Crippen molar-refractivity contribution in [2.24, 2.45) is 0 Å². The van der Waals surface area contributed by atoms with Crippen molar-refractivity contribution in [3.05, 3.63) is 59.0 Å². The van der Waals surface area contributed by atoms with E-state index in [1.54, 1.807) is 12.1 Å². The van der Waals surface area contributed by atoms with Crippen LogP contribution in [-0.2, 0) is 35.3 Å². The number of ketones is 2. The summed E-state index contributed by atoms with van der Waals surface area (Å²) in [6.45, 7) is 0. The second kappa shape index (κ2) is 4.84. The quantitative estimate of drug-likeness (QED) is 0.724. The Morgan fingerprint density at radius 2 is 1.26 bits per heavy atom. The van der Waals surface area contributed by atoms with Gasteiger partial charge in [0, 0.05) is 12.8 Å². The van der Waals surface area contributed by atoms with Crippen molar-refractivity contribution in [3.63, 3.8) is 0 Å². The van der Waals surface area contributed by atoms with E-state index in [2.05, 4.69) is 0 Å². The maximum Gasteiger partial charge on any atom is 0.144 e. The van der Waals surface area contributed by atoms with E-state index in [1.807, 2.05) is 24.3 Å². The molecule has 1 aromatic carbocycles. The molecule has 3 nitrogen and oxygen atoms in total. The van der Waals surface area contributed by atoms with Gasteiger partial charge in [-0.1, -0.05) is 24.3 Å². The van der Waals surface area contributed by atoms with Gasteiger partial charge < -0.3 is 4.42 Å². The Bertz CT molecular complexity index is 587. The summed E-state index contributed by atoms with van der Waals surface area (Å²) < 4.78 is 5.52. The SMILES string of the molecule is O=C1Cc2cccc(c2)CC(=O)Cc2ccc(o2)C1. The Labute approximate surface area is 111 Å². The standard InChI is InChI=1S/C16H14O3/c17-13-7-11-2-1-3-12(6-11)8-14(18)10-16-5-4-15(9-13)19-16/h1-6H,7-10H2. The highest BCUT2D eigenvalue weighted by Gasteiger charge is 2.14. The molecule has 1 aliphatic heterocycles. The molecule has 2 aromatic rings. The maximum absolute atomic E-state index is 11.9. The van der Waals surface area contributed by atoms with Gasteiger partial charge in [-0.3, -0.25) is 9.59 Å². The molecular weight excluding hydrogens is 240 g/mol. The second-order valence-corrected chi connectivity index (χ2v) is 4.97. The summed E-state index contributed by atoms with van der Waals surface area (Å²) in [6, 6.07) is 11.3. The fraction of sp³-hybridized carbons (Fsp3) is 0.250. The molecule has 1 aliphatic rings. The fourth-order valence-corrected chi connectivity index (χ4v) is 2.43. The number of furan rings is 1. The molecule has 3 rings (SSSR count). The molecule has 0 amide bonds. The molecule has 2 heterocycles. The molecule has 19 heavy (non-hydrogen) atoms. The lowest BCUT2D eigenvalue weighted by Crippen LogP contribution is -2.09. The van der Waals surface area contributed by atoms with Gasteiger partial charge in [0.25, 0.3) is 0 Å². The first kappa shape index (κ1) is 11.9.